The summed E-state index contributed by atoms with van der Waals surface area (Å²) in [6, 6.07) is 1.07. The zero-order chi connectivity index (χ0) is 12.3. The molecule has 0 bridgehead atoms. The molecule has 0 atom stereocenters. The minimum atomic E-state index is -0.268. The summed E-state index contributed by atoms with van der Waals surface area (Å²) in [5.41, 5.74) is 0. The maximum atomic E-state index is 5.49. The molecule has 0 aromatic carbocycles. The van der Waals surface area contributed by atoms with Crippen LogP contribution < -0.4 is 0 Å². The second kappa shape index (κ2) is 10.3. The predicted octanol–water partition coefficient (Wildman–Crippen LogP) is 2.90. The van der Waals surface area contributed by atoms with Gasteiger partial charge in [-0.3, -0.25) is 0 Å². The molecule has 2 nitrogen and oxygen atoms in total. The van der Waals surface area contributed by atoms with Crippen molar-refractivity contribution in [3.63, 3.8) is 0 Å². The minimum Gasteiger partial charge on any atom is -0.354 e. The van der Waals surface area contributed by atoms with Gasteiger partial charge in [0.1, 0.15) is 0 Å². The normalized spacial score (nSPS) is 12.2. The van der Waals surface area contributed by atoms with Crippen LogP contribution >= 0.6 is 0 Å². The first-order chi connectivity index (χ1) is 7.74. The summed E-state index contributed by atoms with van der Waals surface area (Å²) in [7, 11) is 4.67. The van der Waals surface area contributed by atoms with Gasteiger partial charge in [0.25, 0.3) is 0 Å². The van der Waals surface area contributed by atoms with E-state index in [1.54, 1.807) is 14.2 Å². The largest absolute Gasteiger partial charge is 0.354 e. The van der Waals surface area contributed by atoms with E-state index in [-0.39, 0.29) is 5.79 Å². The number of rotatable bonds is 11. The number of hydrogen-bond donors (Lipinski definition) is 0. The average Bonchev–Trinajstić information content (AvgIpc) is 2.34. The number of ether oxygens (including phenoxy) is 2. The molecular weight excluding hydrogens is 216 g/mol. The van der Waals surface area contributed by atoms with Crippen molar-refractivity contribution in [3.8, 4) is 0 Å². The highest BCUT2D eigenvalue weighted by Crippen LogP contribution is 2.23. The molecule has 3 heteroatoms. The lowest BCUT2D eigenvalue weighted by Gasteiger charge is -2.29. The first-order valence-electron chi connectivity index (χ1n) is 6.85. The smallest absolute Gasteiger partial charge is 0.164 e. The standard InChI is InChI=1S/C13H30O2Si/c1-4-5-6-7-8-9-10-11-13(12-16,14-2)15-3/h4-12H2,1-3,16H3. The molecule has 0 saturated heterocycles. The van der Waals surface area contributed by atoms with Gasteiger partial charge in [-0.15, -0.1) is 0 Å². The molecule has 0 heterocycles. The second-order valence-corrected chi connectivity index (χ2v) is 5.25. The van der Waals surface area contributed by atoms with Crippen molar-refractivity contribution in [1.29, 1.82) is 0 Å². The lowest BCUT2D eigenvalue weighted by Crippen LogP contribution is -2.33. The van der Waals surface area contributed by atoms with Crippen LogP contribution in [-0.2, 0) is 9.47 Å². The Morgan fingerprint density at radius 1 is 0.875 bits per heavy atom. The third-order valence-electron chi connectivity index (χ3n) is 3.44. The number of methoxy groups -OCH3 is 2. The summed E-state index contributed by atoms with van der Waals surface area (Å²) < 4.78 is 11.0. The highest BCUT2D eigenvalue weighted by atomic mass is 28.1. The van der Waals surface area contributed by atoms with Crippen molar-refractivity contribution < 1.29 is 9.47 Å². The van der Waals surface area contributed by atoms with Crippen molar-refractivity contribution in [1.82, 2.24) is 0 Å². The molecule has 0 N–H and O–H groups in total. The van der Waals surface area contributed by atoms with Crippen molar-refractivity contribution in [2.24, 2.45) is 0 Å². The number of unbranched alkanes of at least 4 members (excludes halogenated alkanes) is 6. The Kier molecular flexibility index (Phi) is 10.4. The first kappa shape index (κ1) is 16.1. The molecule has 0 aliphatic carbocycles. The van der Waals surface area contributed by atoms with Gasteiger partial charge < -0.3 is 9.47 Å². The molecule has 0 rings (SSSR count). The summed E-state index contributed by atoms with van der Waals surface area (Å²) in [5, 5.41) is 0. The average molecular weight is 246 g/mol. The molecule has 0 fully saturated rings. The Labute approximate surface area is 105 Å². The SMILES string of the molecule is CCCCCCCCCC(C[SiH3])(OC)OC. The lowest BCUT2D eigenvalue weighted by molar-refractivity contribution is -0.197. The second-order valence-electron chi connectivity index (χ2n) is 4.54. The van der Waals surface area contributed by atoms with Gasteiger partial charge in [0.2, 0.25) is 0 Å². The van der Waals surface area contributed by atoms with E-state index in [1.165, 1.54) is 44.9 Å². The third-order valence-corrected chi connectivity index (χ3v) is 4.52. The summed E-state index contributed by atoms with van der Waals surface area (Å²) in [6.45, 7) is 2.26. The number of hydrogen-bond acceptors (Lipinski definition) is 2. The third kappa shape index (κ3) is 6.66. The van der Waals surface area contributed by atoms with Crippen LogP contribution in [0.3, 0.4) is 0 Å². The van der Waals surface area contributed by atoms with Gasteiger partial charge >= 0.3 is 0 Å². The van der Waals surface area contributed by atoms with Crippen LogP contribution in [-0.4, -0.2) is 30.2 Å². The minimum absolute atomic E-state index is 0.268. The Bertz CT molecular complexity index is 139. The zero-order valence-electron chi connectivity index (χ0n) is 11.7. The van der Waals surface area contributed by atoms with E-state index in [9.17, 15) is 0 Å². The van der Waals surface area contributed by atoms with Gasteiger partial charge in [0, 0.05) is 30.9 Å². The Balaban J connectivity index is 3.48. The quantitative estimate of drug-likeness (QED) is 0.317. The van der Waals surface area contributed by atoms with Crippen LogP contribution in [0.4, 0.5) is 0 Å². The van der Waals surface area contributed by atoms with E-state index in [2.05, 4.69) is 6.92 Å². The van der Waals surface area contributed by atoms with Crippen molar-refractivity contribution in [3.05, 3.63) is 0 Å². The highest BCUT2D eigenvalue weighted by molar-refractivity contribution is 6.09. The molecule has 0 aromatic heterocycles. The van der Waals surface area contributed by atoms with E-state index in [4.69, 9.17) is 9.47 Å². The molecule has 0 aliphatic heterocycles. The lowest BCUT2D eigenvalue weighted by atomic mass is 10.1. The summed E-state index contributed by atoms with van der Waals surface area (Å²) in [6.07, 6.45) is 10.5. The molecule has 98 valence electrons. The van der Waals surface area contributed by atoms with Crippen molar-refractivity contribution in [2.45, 2.75) is 70.1 Å². The molecular formula is C13H30O2Si. The van der Waals surface area contributed by atoms with Crippen LogP contribution in [0.2, 0.25) is 6.04 Å². The van der Waals surface area contributed by atoms with E-state index in [1.807, 2.05) is 0 Å². The van der Waals surface area contributed by atoms with Gasteiger partial charge in [-0.25, -0.2) is 0 Å². The predicted molar refractivity (Wildman–Crippen MR) is 74.1 cm³/mol. The maximum absolute atomic E-state index is 5.49. The van der Waals surface area contributed by atoms with Gasteiger partial charge in [-0.05, 0) is 12.5 Å². The van der Waals surface area contributed by atoms with Crippen LogP contribution in [0.25, 0.3) is 0 Å². The zero-order valence-corrected chi connectivity index (χ0v) is 13.7. The highest BCUT2D eigenvalue weighted by Gasteiger charge is 2.25. The maximum Gasteiger partial charge on any atom is 0.164 e. The molecule has 0 saturated carbocycles. The van der Waals surface area contributed by atoms with E-state index in [0.29, 0.717) is 0 Å². The summed E-state index contributed by atoms with van der Waals surface area (Å²) in [4.78, 5) is 0. The van der Waals surface area contributed by atoms with Gasteiger partial charge in [0.15, 0.2) is 5.79 Å². The monoisotopic (exact) mass is 246 g/mol. The van der Waals surface area contributed by atoms with Crippen molar-refractivity contribution >= 4 is 10.2 Å². The van der Waals surface area contributed by atoms with Crippen LogP contribution in [0.1, 0.15) is 58.3 Å². The van der Waals surface area contributed by atoms with Crippen LogP contribution in [0.5, 0.6) is 0 Å². The molecule has 0 aromatic rings. The van der Waals surface area contributed by atoms with E-state index in [0.717, 1.165) is 22.7 Å². The topological polar surface area (TPSA) is 18.5 Å². The molecule has 16 heavy (non-hydrogen) atoms. The van der Waals surface area contributed by atoms with Gasteiger partial charge in [0.05, 0.1) is 0 Å². The van der Waals surface area contributed by atoms with E-state index < -0.39 is 0 Å². The Morgan fingerprint density at radius 3 is 1.81 bits per heavy atom. The van der Waals surface area contributed by atoms with Crippen molar-refractivity contribution in [2.75, 3.05) is 14.2 Å². The van der Waals surface area contributed by atoms with Crippen LogP contribution in [0, 0.1) is 0 Å². The van der Waals surface area contributed by atoms with Crippen LogP contribution in [0.15, 0.2) is 0 Å². The summed E-state index contributed by atoms with van der Waals surface area (Å²) >= 11 is 0. The fourth-order valence-electron chi connectivity index (χ4n) is 2.10. The molecule has 0 aliphatic rings. The van der Waals surface area contributed by atoms with Gasteiger partial charge in [-0.2, -0.15) is 0 Å². The first-order valence-corrected chi connectivity index (χ1v) is 8.26. The molecule has 0 radical (unpaired) electrons. The Hall–Kier alpha value is 0.137. The summed E-state index contributed by atoms with van der Waals surface area (Å²) in [5.74, 6) is -0.268. The Morgan fingerprint density at radius 2 is 1.38 bits per heavy atom. The molecule has 0 unspecified atom stereocenters. The fraction of sp³-hybridized carbons (Fsp3) is 1.00. The molecule has 0 amide bonds. The van der Waals surface area contributed by atoms with Gasteiger partial charge in [-0.1, -0.05) is 45.4 Å². The molecule has 0 spiro atoms. The fourth-order valence-corrected chi connectivity index (χ4v) is 3.04. The van der Waals surface area contributed by atoms with E-state index >= 15 is 0 Å².